The third-order valence-electron chi connectivity index (χ3n) is 1.89. The van der Waals surface area contributed by atoms with Gasteiger partial charge < -0.3 is 5.11 Å². The number of rotatable bonds is 1. The summed E-state index contributed by atoms with van der Waals surface area (Å²) in [6, 6.07) is 2.00. The molecule has 0 radical (unpaired) electrons. The Morgan fingerprint density at radius 2 is 2.13 bits per heavy atom. The lowest BCUT2D eigenvalue weighted by Gasteiger charge is -2.02. The van der Waals surface area contributed by atoms with Gasteiger partial charge in [0, 0.05) is 5.39 Å². The van der Waals surface area contributed by atoms with Gasteiger partial charge in [-0.05, 0) is 12.1 Å². The number of aromatic nitrogens is 2. The van der Waals surface area contributed by atoms with Gasteiger partial charge in [0.1, 0.15) is 17.3 Å². The Hall–Kier alpha value is -1.75. The summed E-state index contributed by atoms with van der Waals surface area (Å²) in [5.74, 6) is -1.94. The van der Waals surface area contributed by atoms with Crippen molar-refractivity contribution in [3.63, 3.8) is 0 Å². The van der Waals surface area contributed by atoms with Crippen molar-refractivity contribution in [2.45, 2.75) is 0 Å². The van der Waals surface area contributed by atoms with Crippen LogP contribution in [-0.4, -0.2) is 21.0 Å². The monoisotopic (exact) mass is 226 g/mol. The first kappa shape index (κ1) is 9.79. The Morgan fingerprint density at radius 1 is 1.40 bits per heavy atom. The molecule has 6 heteroatoms. The minimum Gasteiger partial charge on any atom is -0.478 e. The van der Waals surface area contributed by atoms with Crippen LogP contribution >= 0.6 is 11.6 Å². The van der Waals surface area contributed by atoms with Gasteiger partial charge in [-0.15, -0.1) is 0 Å². The smallest absolute Gasteiger partial charge is 0.338 e. The zero-order valence-electron chi connectivity index (χ0n) is 7.24. The Labute approximate surface area is 88.3 Å². The van der Waals surface area contributed by atoms with Crippen molar-refractivity contribution in [1.82, 2.24) is 9.97 Å². The molecule has 4 nitrogen and oxygen atoms in total. The molecule has 1 heterocycles. The highest BCUT2D eigenvalue weighted by molar-refractivity contribution is 6.34. The minimum absolute atomic E-state index is 0.0296. The van der Waals surface area contributed by atoms with Gasteiger partial charge >= 0.3 is 5.97 Å². The average Bonchev–Trinajstić information content (AvgIpc) is 2.18. The highest BCUT2D eigenvalue weighted by atomic mass is 35.5. The van der Waals surface area contributed by atoms with E-state index in [1.807, 2.05) is 0 Å². The molecule has 0 saturated heterocycles. The van der Waals surface area contributed by atoms with Crippen molar-refractivity contribution in [2.75, 3.05) is 0 Å². The van der Waals surface area contributed by atoms with E-state index in [1.165, 1.54) is 0 Å². The van der Waals surface area contributed by atoms with E-state index in [0.29, 0.717) is 0 Å². The first-order valence-electron chi connectivity index (χ1n) is 3.92. The molecule has 76 valence electrons. The van der Waals surface area contributed by atoms with E-state index in [-0.39, 0.29) is 21.6 Å². The van der Waals surface area contributed by atoms with Crippen LogP contribution in [-0.2, 0) is 0 Å². The zero-order valence-corrected chi connectivity index (χ0v) is 7.99. The van der Waals surface area contributed by atoms with Crippen LogP contribution in [0.1, 0.15) is 10.4 Å². The van der Waals surface area contributed by atoms with Crippen LogP contribution < -0.4 is 0 Å². The van der Waals surface area contributed by atoms with Crippen LogP contribution in [0.4, 0.5) is 4.39 Å². The van der Waals surface area contributed by atoms with Gasteiger partial charge in [-0.1, -0.05) is 11.6 Å². The normalized spacial score (nSPS) is 10.5. The van der Waals surface area contributed by atoms with Gasteiger partial charge in [0.25, 0.3) is 0 Å². The molecular formula is C9H4ClFN2O2. The topological polar surface area (TPSA) is 63.1 Å². The number of carboxylic acid groups (broad SMARTS) is 1. The predicted octanol–water partition coefficient (Wildman–Crippen LogP) is 2.12. The molecule has 0 spiro atoms. The number of aromatic carboxylic acids is 1. The van der Waals surface area contributed by atoms with Crippen molar-refractivity contribution >= 4 is 28.5 Å². The van der Waals surface area contributed by atoms with Crippen molar-refractivity contribution in [2.24, 2.45) is 0 Å². The lowest BCUT2D eigenvalue weighted by atomic mass is 10.1. The molecule has 0 aliphatic carbocycles. The maximum atomic E-state index is 13.1. The lowest BCUT2D eigenvalue weighted by Crippen LogP contribution is -2.00. The van der Waals surface area contributed by atoms with E-state index in [9.17, 15) is 9.18 Å². The van der Waals surface area contributed by atoms with E-state index < -0.39 is 11.8 Å². The van der Waals surface area contributed by atoms with E-state index in [2.05, 4.69) is 9.97 Å². The first-order chi connectivity index (χ1) is 7.09. The molecule has 0 aliphatic heterocycles. The van der Waals surface area contributed by atoms with E-state index in [1.54, 1.807) is 0 Å². The number of nitrogens with zero attached hydrogens (tertiary/aromatic N) is 2. The van der Waals surface area contributed by atoms with Crippen molar-refractivity contribution in [3.05, 3.63) is 35.0 Å². The quantitative estimate of drug-likeness (QED) is 0.757. The number of benzene rings is 1. The number of fused-ring (bicyclic) bond motifs is 1. The first-order valence-corrected chi connectivity index (χ1v) is 4.30. The van der Waals surface area contributed by atoms with Gasteiger partial charge in [-0.2, -0.15) is 0 Å². The molecular weight excluding hydrogens is 223 g/mol. The fraction of sp³-hybridized carbons (Fsp3) is 0. The van der Waals surface area contributed by atoms with E-state index in [0.717, 1.165) is 18.5 Å². The molecule has 0 fully saturated rings. The molecule has 0 atom stereocenters. The van der Waals surface area contributed by atoms with Crippen molar-refractivity contribution < 1.29 is 14.3 Å². The van der Waals surface area contributed by atoms with Crippen LogP contribution in [0.3, 0.4) is 0 Å². The molecule has 0 bridgehead atoms. The highest BCUT2D eigenvalue weighted by Crippen LogP contribution is 2.23. The standard InChI is InChI=1S/C9H4ClFN2O2/c10-8-5-1-4(11)2-6(9(14)15)7(5)12-3-13-8/h1-3H,(H,14,15). The van der Waals surface area contributed by atoms with Gasteiger partial charge in [-0.25, -0.2) is 19.2 Å². The average molecular weight is 227 g/mol. The summed E-state index contributed by atoms with van der Waals surface area (Å²) in [5, 5.41) is 9.05. The van der Waals surface area contributed by atoms with Gasteiger partial charge in [-0.3, -0.25) is 0 Å². The van der Waals surface area contributed by atoms with Crippen LogP contribution in [0, 0.1) is 5.82 Å². The minimum atomic E-state index is -1.26. The van der Waals surface area contributed by atoms with Crippen LogP contribution in [0.25, 0.3) is 10.9 Å². The molecule has 2 aromatic rings. The Morgan fingerprint density at radius 3 is 2.80 bits per heavy atom. The molecule has 1 N–H and O–H groups in total. The predicted molar refractivity (Wildman–Crippen MR) is 51.5 cm³/mol. The second-order valence-corrected chi connectivity index (χ2v) is 3.18. The molecule has 0 unspecified atom stereocenters. The maximum absolute atomic E-state index is 13.1. The summed E-state index contributed by atoms with van der Waals surface area (Å²) in [6.07, 6.45) is 1.13. The third-order valence-corrected chi connectivity index (χ3v) is 2.19. The fourth-order valence-electron chi connectivity index (χ4n) is 1.27. The zero-order chi connectivity index (χ0) is 11.0. The Balaban J connectivity index is 2.92. The second kappa shape index (κ2) is 3.43. The summed E-state index contributed by atoms with van der Waals surface area (Å²) in [4.78, 5) is 18.2. The summed E-state index contributed by atoms with van der Waals surface area (Å²) in [7, 11) is 0. The molecule has 0 aliphatic rings. The number of hydrogen-bond donors (Lipinski definition) is 1. The van der Waals surface area contributed by atoms with Gasteiger partial charge in [0.2, 0.25) is 0 Å². The molecule has 0 saturated carbocycles. The number of carboxylic acids is 1. The Kier molecular flexibility index (Phi) is 2.24. The van der Waals surface area contributed by atoms with Crippen molar-refractivity contribution in [3.8, 4) is 0 Å². The largest absolute Gasteiger partial charge is 0.478 e. The molecule has 15 heavy (non-hydrogen) atoms. The summed E-state index contributed by atoms with van der Waals surface area (Å²) < 4.78 is 13.1. The third kappa shape index (κ3) is 1.61. The van der Waals surface area contributed by atoms with Crippen LogP contribution in [0.2, 0.25) is 5.15 Å². The SMILES string of the molecule is O=C(O)c1cc(F)cc2c(Cl)ncnc12. The molecule has 0 amide bonds. The number of halogens is 2. The number of hydrogen-bond acceptors (Lipinski definition) is 3. The Bertz CT molecular complexity index is 559. The number of carbonyl (C=O) groups is 1. The molecule has 1 aromatic heterocycles. The molecule has 2 rings (SSSR count). The second-order valence-electron chi connectivity index (χ2n) is 2.82. The van der Waals surface area contributed by atoms with E-state index >= 15 is 0 Å². The van der Waals surface area contributed by atoms with Gasteiger partial charge in [0.15, 0.2) is 0 Å². The van der Waals surface area contributed by atoms with Gasteiger partial charge in [0.05, 0.1) is 11.1 Å². The van der Waals surface area contributed by atoms with Crippen LogP contribution in [0.5, 0.6) is 0 Å². The fourth-order valence-corrected chi connectivity index (χ4v) is 1.45. The highest BCUT2D eigenvalue weighted by Gasteiger charge is 2.13. The van der Waals surface area contributed by atoms with E-state index in [4.69, 9.17) is 16.7 Å². The van der Waals surface area contributed by atoms with Crippen LogP contribution in [0.15, 0.2) is 18.5 Å². The van der Waals surface area contributed by atoms with Crippen molar-refractivity contribution in [1.29, 1.82) is 0 Å². The maximum Gasteiger partial charge on any atom is 0.338 e. The summed E-state index contributed by atoms with van der Waals surface area (Å²) >= 11 is 5.69. The summed E-state index contributed by atoms with van der Waals surface area (Å²) in [5.41, 5.74) is -0.0989. The lowest BCUT2D eigenvalue weighted by molar-refractivity contribution is 0.0698. The molecule has 1 aromatic carbocycles. The summed E-state index contributed by atoms with van der Waals surface area (Å²) in [6.45, 7) is 0.